The summed E-state index contributed by atoms with van der Waals surface area (Å²) in [4.78, 5) is 127. The fraction of sp³-hybridized carbons (Fsp3) is 0.592. The summed E-state index contributed by atoms with van der Waals surface area (Å²) in [5.41, 5.74) is 13.9. The maximum atomic E-state index is 14.9. The van der Waals surface area contributed by atoms with Crippen molar-refractivity contribution in [3.63, 3.8) is 0 Å². The third-order valence-electron chi connectivity index (χ3n) is 15.7. The van der Waals surface area contributed by atoms with E-state index in [1.807, 2.05) is 0 Å². The average Bonchev–Trinajstić information content (AvgIpc) is 1.62. The molecule has 0 saturated carbocycles. The number of ether oxygens (including phenoxy) is 5. The average molecular weight is 1560 g/mol. The number of anilines is 2. The van der Waals surface area contributed by atoms with Crippen molar-refractivity contribution in [2.24, 2.45) is 21.5 Å². The molecule has 6 aromatic rings. The summed E-state index contributed by atoms with van der Waals surface area (Å²) in [6.07, 6.45) is -14.1. The van der Waals surface area contributed by atoms with Crippen molar-refractivity contribution in [1.82, 2.24) is 58.1 Å². The number of amidine groups is 2. The molecule has 0 spiro atoms. The van der Waals surface area contributed by atoms with E-state index < -0.39 is 165 Å². The number of ketones is 2. The van der Waals surface area contributed by atoms with Gasteiger partial charge in [0.25, 0.3) is 5.56 Å². The molecular weight excluding hydrogens is 1490 g/mol. The lowest BCUT2D eigenvalue weighted by Crippen LogP contribution is -2.41. The summed E-state index contributed by atoms with van der Waals surface area (Å²) in [7, 11) is -21.7. The lowest BCUT2D eigenvalue weighted by atomic mass is 9.98. The Hall–Kier alpha value is -7.16. The van der Waals surface area contributed by atoms with Gasteiger partial charge in [0.1, 0.15) is 58.5 Å². The molecule has 6 aliphatic rings. The normalized spacial score (nSPS) is 31.6. The lowest BCUT2D eigenvalue weighted by molar-refractivity contribution is -0.0901. The molecule has 0 radical (unpaired) electrons. The zero-order chi connectivity index (χ0) is 75.7. The van der Waals surface area contributed by atoms with Crippen molar-refractivity contribution in [2.75, 3.05) is 44.5 Å². The van der Waals surface area contributed by atoms with Crippen LogP contribution in [0.3, 0.4) is 0 Å². The number of aliphatic hydroxyl groups excluding tert-OH is 2. The van der Waals surface area contributed by atoms with Crippen molar-refractivity contribution >= 4 is 100 Å². The molecule has 18 atom stereocenters. The molecule has 46 nitrogen and oxygen atoms in total. The number of alkyl halides is 4. The highest BCUT2D eigenvalue weighted by atomic mass is 31.3. The van der Waals surface area contributed by atoms with Gasteiger partial charge in [0.2, 0.25) is 17.8 Å². The highest BCUT2D eigenvalue weighted by Crippen LogP contribution is 2.66. The van der Waals surface area contributed by atoms with E-state index in [0.717, 1.165) is 35.6 Å². The minimum absolute atomic E-state index is 0. The quantitative estimate of drug-likeness (QED) is 0.0342. The number of aliphatic imine (C=N–C) groups is 2. The number of hydrogen-bond acceptors (Lipinski definition) is 35. The number of fused-ring (bicyclic) bond motifs is 4. The predicted octanol–water partition coefficient (Wildman–Crippen LogP) is -1.56. The molecule has 12 rings (SSSR count). The molecule has 2 unspecified atom stereocenters. The van der Waals surface area contributed by atoms with Crippen LogP contribution in [0.15, 0.2) is 40.1 Å². The van der Waals surface area contributed by atoms with Gasteiger partial charge in [-0.3, -0.25) is 46.7 Å². The molecule has 4 saturated heterocycles. The van der Waals surface area contributed by atoms with Gasteiger partial charge < -0.3 is 107 Å². The molecule has 0 aromatic carbocycles. The molecule has 54 heteroatoms. The molecule has 0 aliphatic carbocycles. The van der Waals surface area contributed by atoms with Gasteiger partial charge in [-0.05, 0) is 34.6 Å². The van der Waals surface area contributed by atoms with E-state index in [9.17, 15) is 80.6 Å². The molecular formula is C49H70F4N18O28P4. The van der Waals surface area contributed by atoms with E-state index in [2.05, 4.69) is 67.5 Å². The standard InChI is InChI=1S/C13H18FN5O4.C12H18FN4O13P3.C12H15FN4O4.C11H15FN5O7P.CH4/c1-3-22-10-7-9(17-12(15)18-10)19(5-16-7)11-13(2,21)8(14)6(4-20)23-11;1-12(19)9(13)6(3-27-32(23,24)30-33(25,26)29-31(20,21)22)28-11(12)17-4-15-8-5(18)2-7(14)16-10(8)17;1-12(20)9(13)6(3-18)21-11(12)17-4-15-8-5(19)2-7(14)16-10(8)17;1-11(19)6(12)4(2-23-25(20,21)22)24-9(11)17-3-14-5-7(17)15-10(13)16-8(5)18;/h5-6,8,11,20-21H,3-4H2,1-2H3,(H2,15,17,18);4,6,9,11,19H,2-3H2,1H3,(H2,14,16)(H,23,24)(H,25,26)(H2,20,21,22);4,6,9,11,18,20H,2-3H2,1H3,(H2,14,16);3-4,6,9,19H,2H2,1H3,(H2,20,21,22)(H3,13,15,16,18);1H4/t6-,8-,11-,13-;2*6-,9-,11-,12-;4-,6-,9-,11-;/m1111./s1. The number of H-pyrrole nitrogens is 1. The minimum atomic E-state index is -5.77. The van der Waals surface area contributed by atoms with Crippen molar-refractivity contribution in [2.45, 2.75) is 151 Å². The second-order valence-electron chi connectivity index (χ2n) is 23.6. The molecule has 0 bridgehead atoms. The number of nitrogen functional groups attached to an aromatic ring is 2. The second kappa shape index (κ2) is 30.0. The predicted molar refractivity (Wildman–Crippen MR) is 335 cm³/mol. The Morgan fingerprint density at radius 1 is 0.553 bits per heavy atom. The number of nitrogens with two attached hydrogens (primary N) is 4. The van der Waals surface area contributed by atoms with Crippen LogP contribution in [-0.4, -0.2) is 246 Å². The first kappa shape index (κ1) is 81.5. The Morgan fingerprint density at radius 3 is 1.35 bits per heavy atom. The first-order valence-corrected chi connectivity index (χ1v) is 35.2. The number of Topliss-reactive ketones (excluding diaryl/α,β-unsaturated/α-hetero) is 2. The number of nitrogens with one attached hydrogen (secondary N) is 1. The van der Waals surface area contributed by atoms with Crippen molar-refractivity contribution in [3.8, 4) is 5.88 Å². The number of aromatic nitrogens is 12. The SMILES string of the molecule is C.CCOc1nc(N)nc2c1ncn2[C@@H]1O[C@H](CO)[C@@H](F)[C@@]1(C)O.C[C@@]1(O)[C@H](F)[C@@H](CO)O[C@H]1n1cnc2c1N=C(N)CC2=O.C[C@@]1(O)[C@H](F)[C@@H](COP(=O)(O)O)O[C@H]1n1cnc2c(=O)[nH]c(N)nc21.C[C@@]1(O)[C@H](F)[C@@H](COP(=O)(O)OP(=O)(O)OP(=O)(O)O)O[C@H]1n1cnc2c1N=C(N)CC2=O. The highest BCUT2D eigenvalue weighted by molar-refractivity contribution is 7.66. The van der Waals surface area contributed by atoms with Gasteiger partial charge in [-0.15, -0.1) is 0 Å². The Balaban J connectivity index is 0.000000176. The van der Waals surface area contributed by atoms with Gasteiger partial charge in [0.05, 0.1) is 71.2 Å². The number of carbonyl (C=O) groups excluding carboxylic acids is 2. The lowest BCUT2D eigenvalue weighted by Gasteiger charge is -2.27. The Kier molecular flexibility index (Phi) is 23.7. The molecule has 4 fully saturated rings. The van der Waals surface area contributed by atoms with Crippen LogP contribution >= 0.6 is 31.3 Å². The maximum absolute atomic E-state index is 14.9. The number of carbonyl (C=O) groups is 2. The van der Waals surface area contributed by atoms with Crippen LogP contribution in [0.2, 0.25) is 0 Å². The van der Waals surface area contributed by atoms with E-state index in [-0.39, 0.29) is 95.3 Å². The molecule has 6 aliphatic heterocycles. The summed E-state index contributed by atoms with van der Waals surface area (Å²) in [6, 6.07) is 0. The number of hydrogen-bond donors (Lipinski definition) is 17. The van der Waals surface area contributed by atoms with Gasteiger partial charge in [-0.1, -0.05) is 7.43 Å². The fourth-order valence-electron chi connectivity index (χ4n) is 11.0. The van der Waals surface area contributed by atoms with Crippen LogP contribution in [-0.2, 0) is 54.9 Å². The second-order valence-corrected chi connectivity index (χ2v) is 29.3. The monoisotopic (exact) mass is 1560 g/mol. The molecule has 21 N–H and O–H groups in total. The highest BCUT2D eigenvalue weighted by Gasteiger charge is 2.59. The number of rotatable bonds is 18. The molecule has 0 amide bonds. The Labute approximate surface area is 573 Å². The van der Waals surface area contributed by atoms with Gasteiger partial charge in [0, 0.05) is 0 Å². The van der Waals surface area contributed by atoms with Crippen LogP contribution in [0.1, 0.15) is 101 Å². The summed E-state index contributed by atoms with van der Waals surface area (Å²) in [6.45, 7) is 3.76. The van der Waals surface area contributed by atoms with E-state index in [1.54, 1.807) is 6.92 Å². The summed E-state index contributed by atoms with van der Waals surface area (Å²) >= 11 is 0. The van der Waals surface area contributed by atoms with E-state index in [0.29, 0.717) is 12.1 Å². The maximum Gasteiger partial charge on any atom is 0.490 e. The summed E-state index contributed by atoms with van der Waals surface area (Å²) < 4.78 is 150. The number of phosphoric ester groups is 2. The van der Waals surface area contributed by atoms with Crippen LogP contribution in [0.4, 0.5) is 41.1 Å². The fourth-order valence-corrected chi connectivity index (χ4v) is 14.4. The van der Waals surface area contributed by atoms with Gasteiger partial charge >= 0.3 is 31.3 Å². The number of imidazole rings is 4. The Bertz CT molecular complexity index is 4490. The van der Waals surface area contributed by atoms with Crippen LogP contribution in [0.25, 0.3) is 22.3 Å². The van der Waals surface area contributed by atoms with Gasteiger partial charge in [-0.25, -0.2) is 65.7 Å². The number of halogens is 4. The topological polar surface area (TPSA) is 700 Å². The number of nitrogens with zero attached hydrogens (tertiary/aromatic N) is 13. The van der Waals surface area contributed by atoms with Crippen LogP contribution in [0, 0.1) is 0 Å². The third-order valence-corrected chi connectivity index (χ3v) is 20.0. The molecule has 103 heavy (non-hydrogen) atoms. The summed E-state index contributed by atoms with van der Waals surface area (Å²) in [5, 5.41) is 60.1. The van der Waals surface area contributed by atoms with Crippen molar-refractivity contribution in [1.29, 1.82) is 0 Å². The Morgan fingerprint density at radius 2 is 0.942 bits per heavy atom. The van der Waals surface area contributed by atoms with E-state index >= 15 is 0 Å². The van der Waals surface area contributed by atoms with Gasteiger partial charge in [0.15, 0.2) is 107 Å². The molecule has 6 aromatic heterocycles. The number of aliphatic hydroxyl groups is 6. The number of aromatic amines is 1. The van der Waals surface area contributed by atoms with Crippen LogP contribution < -0.4 is 33.2 Å². The summed E-state index contributed by atoms with van der Waals surface area (Å²) in [5.74, 6) is -0.781. The molecule has 12 heterocycles. The van der Waals surface area contributed by atoms with E-state index in [1.165, 1.54) is 35.6 Å². The van der Waals surface area contributed by atoms with E-state index in [4.69, 9.17) is 76.2 Å². The van der Waals surface area contributed by atoms with Crippen LogP contribution in [0.5, 0.6) is 5.88 Å². The first-order chi connectivity index (χ1) is 47.2. The molecule has 572 valence electrons. The van der Waals surface area contributed by atoms with Crippen molar-refractivity contribution in [3.05, 3.63) is 47.1 Å². The smallest absolute Gasteiger partial charge is 0.476 e. The third kappa shape index (κ3) is 16.9. The van der Waals surface area contributed by atoms with Crippen molar-refractivity contribution < 1.29 is 147 Å². The minimum Gasteiger partial charge on any atom is -0.476 e. The zero-order valence-electron chi connectivity index (χ0n) is 53.0. The zero-order valence-corrected chi connectivity index (χ0v) is 56.6. The van der Waals surface area contributed by atoms with Gasteiger partial charge in [-0.2, -0.15) is 23.6 Å². The number of phosphoric acid groups is 4. The largest absolute Gasteiger partial charge is 0.490 e. The first-order valence-electron chi connectivity index (χ1n) is 29.2.